The van der Waals surface area contributed by atoms with E-state index in [0.717, 1.165) is 11.3 Å². The topological polar surface area (TPSA) is 9.23 Å². The fourth-order valence-corrected chi connectivity index (χ4v) is 2.16. The molecule has 0 spiro atoms. The summed E-state index contributed by atoms with van der Waals surface area (Å²) in [5, 5.41) is 0. The summed E-state index contributed by atoms with van der Waals surface area (Å²) in [7, 11) is 1.69. The number of benzene rings is 2. The number of rotatable bonds is 3. The minimum absolute atomic E-state index is 0.898. The first kappa shape index (κ1) is 12.2. The molecule has 1 nitrogen and oxygen atoms in total. The molecule has 0 amide bonds. The third-order valence-electron chi connectivity index (χ3n) is 2.49. The van der Waals surface area contributed by atoms with E-state index in [9.17, 15) is 0 Å². The maximum absolute atomic E-state index is 5.31. The zero-order valence-electron chi connectivity index (χ0n) is 9.56. The predicted molar refractivity (Wildman–Crippen MR) is 81.1 cm³/mol. The molecule has 0 aliphatic carbocycles. The largest absolute Gasteiger partial charge is 0.496 e. The summed E-state index contributed by atoms with van der Waals surface area (Å²) in [6.45, 7) is 0. The number of halogens is 1. The van der Waals surface area contributed by atoms with E-state index in [1.807, 2.05) is 36.4 Å². The van der Waals surface area contributed by atoms with Crippen molar-refractivity contribution in [1.29, 1.82) is 0 Å². The van der Waals surface area contributed by atoms with Crippen LogP contribution in [0.4, 0.5) is 0 Å². The summed E-state index contributed by atoms with van der Waals surface area (Å²) in [5.41, 5.74) is 2.31. The quantitative estimate of drug-likeness (QED) is 0.594. The van der Waals surface area contributed by atoms with Crippen LogP contribution in [0.15, 0.2) is 48.5 Å². The van der Waals surface area contributed by atoms with Gasteiger partial charge in [0, 0.05) is 9.13 Å². The summed E-state index contributed by atoms with van der Waals surface area (Å²) >= 11 is 2.34. The van der Waals surface area contributed by atoms with Crippen LogP contribution in [0, 0.1) is 3.57 Å². The predicted octanol–water partition coefficient (Wildman–Crippen LogP) is 4.47. The molecule has 86 valence electrons. The van der Waals surface area contributed by atoms with Crippen LogP contribution in [0.1, 0.15) is 11.1 Å². The van der Waals surface area contributed by atoms with Crippen molar-refractivity contribution in [3.63, 3.8) is 0 Å². The average molecular weight is 336 g/mol. The van der Waals surface area contributed by atoms with Crippen molar-refractivity contribution in [2.45, 2.75) is 0 Å². The van der Waals surface area contributed by atoms with Gasteiger partial charge in [-0.2, -0.15) is 0 Å². The molecule has 0 aromatic heterocycles. The van der Waals surface area contributed by atoms with Gasteiger partial charge in [0.15, 0.2) is 0 Å². The molecule has 0 saturated carbocycles. The Bertz CT molecular complexity index is 532. The molecule has 0 bridgehead atoms. The van der Waals surface area contributed by atoms with E-state index < -0.39 is 0 Å². The highest BCUT2D eigenvalue weighted by molar-refractivity contribution is 14.1. The van der Waals surface area contributed by atoms with Gasteiger partial charge in [0.05, 0.1) is 7.11 Å². The van der Waals surface area contributed by atoms with Crippen molar-refractivity contribution < 1.29 is 4.74 Å². The molecule has 0 atom stereocenters. The molecule has 0 radical (unpaired) electrons. The van der Waals surface area contributed by atoms with E-state index in [-0.39, 0.29) is 0 Å². The number of para-hydroxylation sites is 1. The van der Waals surface area contributed by atoms with Gasteiger partial charge in [0.2, 0.25) is 0 Å². The molecule has 0 aliphatic rings. The van der Waals surface area contributed by atoms with Crippen LogP contribution in [0.3, 0.4) is 0 Å². The summed E-state index contributed by atoms with van der Waals surface area (Å²) in [5.74, 6) is 0.898. The van der Waals surface area contributed by atoms with Crippen LogP contribution < -0.4 is 4.74 Å². The fraction of sp³-hybridized carbons (Fsp3) is 0.0667. The summed E-state index contributed by atoms with van der Waals surface area (Å²) in [6, 6.07) is 16.3. The molecule has 2 aromatic rings. The van der Waals surface area contributed by atoms with E-state index in [1.165, 1.54) is 9.13 Å². The number of hydrogen-bond donors (Lipinski definition) is 0. The Hall–Kier alpha value is -1.29. The van der Waals surface area contributed by atoms with Gasteiger partial charge in [0.1, 0.15) is 5.75 Å². The lowest BCUT2D eigenvalue weighted by molar-refractivity contribution is 0.414. The van der Waals surface area contributed by atoms with Crippen LogP contribution in [-0.2, 0) is 0 Å². The van der Waals surface area contributed by atoms with E-state index >= 15 is 0 Å². The Morgan fingerprint density at radius 2 is 1.47 bits per heavy atom. The standard InChI is InChI=1S/C15H13IO/c1-17-15-9-5-3-7-13(15)11-10-12-6-2-4-8-14(12)16/h2-11H,1H3. The Morgan fingerprint density at radius 3 is 2.18 bits per heavy atom. The van der Waals surface area contributed by atoms with Gasteiger partial charge in [-0.05, 0) is 40.3 Å². The van der Waals surface area contributed by atoms with Crippen molar-refractivity contribution in [3.8, 4) is 5.75 Å². The van der Waals surface area contributed by atoms with E-state index in [4.69, 9.17) is 4.74 Å². The molecular weight excluding hydrogens is 323 g/mol. The average Bonchev–Trinajstić information content (AvgIpc) is 2.38. The normalized spacial score (nSPS) is 10.7. The number of methoxy groups -OCH3 is 1. The molecule has 0 fully saturated rings. The van der Waals surface area contributed by atoms with Crippen molar-refractivity contribution >= 4 is 34.7 Å². The Balaban J connectivity index is 2.29. The molecule has 0 saturated heterocycles. The van der Waals surface area contributed by atoms with E-state index in [0.29, 0.717) is 0 Å². The monoisotopic (exact) mass is 336 g/mol. The first-order chi connectivity index (χ1) is 8.31. The van der Waals surface area contributed by atoms with Crippen molar-refractivity contribution in [3.05, 3.63) is 63.2 Å². The van der Waals surface area contributed by atoms with Crippen LogP contribution in [0.5, 0.6) is 5.75 Å². The third-order valence-corrected chi connectivity index (χ3v) is 3.47. The summed E-state index contributed by atoms with van der Waals surface area (Å²) < 4.78 is 6.56. The first-order valence-electron chi connectivity index (χ1n) is 5.37. The highest BCUT2D eigenvalue weighted by Crippen LogP contribution is 2.21. The zero-order chi connectivity index (χ0) is 12.1. The number of hydrogen-bond acceptors (Lipinski definition) is 1. The van der Waals surface area contributed by atoms with E-state index in [2.05, 4.69) is 46.9 Å². The summed E-state index contributed by atoms with van der Waals surface area (Å²) in [6.07, 6.45) is 4.19. The molecule has 0 unspecified atom stereocenters. The van der Waals surface area contributed by atoms with Crippen molar-refractivity contribution in [1.82, 2.24) is 0 Å². The lowest BCUT2D eigenvalue weighted by Gasteiger charge is -2.03. The number of ether oxygens (including phenoxy) is 1. The third kappa shape index (κ3) is 3.09. The van der Waals surface area contributed by atoms with Gasteiger partial charge in [-0.3, -0.25) is 0 Å². The van der Waals surface area contributed by atoms with E-state index in [1.54, 1.807) is 7.11 Å². The molecule has 2 heteroatoms. The maximum atomic E-state index is 5.31. The fourth-order valence-electron chi connectivity index (χ4n) is 1.59. The molecule has 0 heterocycles. The lowest BCUT2D eigenvalue weighted by atomic mass is 10.1. The minimum atomic E-state index is 0.898. The van der Waals surface area contributed by atoms with Crippen molar-refractivity contribution in [2.24, 2.45) is 0 Å². The second kappa shape index (κ2) is 5.87. The van der Waals surface area contributed by atoms with Gasteiger partial charge in [-0.15, -0.1) is 0 Å². The SMILES string of the molecule is COc1ccccc1C=Cc1ccccc1I. The Labute approximate surface area is 115 Å². The van der Waals surface area contributed by atoms with Gasteiger partial charge in [0.25, 0.3) is 0 Å². The van der Waals surface area contributed by atoms with Gasteiger partial charge < -0.3 is 4.74 Å². The smallest absolute Gasteiger partial charge is 0.126 e. The maximum Gasteiger partial charge on any atom is 0.126 e. The van der Waals surface area contributed by atoms with Crippen LogP contribution in [-0.4, -0.2) is 7.11 Å². The molecule has 0 N–H and O–H groups in total. The Kier molecular flexibility index (Phi) is 4.20. The highest BCUT2D eigenvalue weighted by Gasteiger charge is 1.97. The molecule has 0 aliphatic heterocycles. The van der Waals surface area contributed by atoms with Gasteiger partial charge in [-0.25, -0.2) is 0 Å². The molecule has 2 rings (SSSR count). The molecule has 17 heavy (non-hydrogen) atoms. The second-order valence-corrected chi connectivity index (χ2v) is 4.76. The van der Waals surface area contributed by atoms with Crippen LogP contribution >= 0.6 is 22.6 Å². The minimum Gasteiger partial charge on any atom is -0.496 e. The Morgan fingerprint density at radius 1 is 0.882 bits per heavy atom. The second-order valence-electron chi connectivity index (χ2n) is 3.60. The van der Waals surface area contributed by atoms with Gasteiger partial charge >= 0.3 is 0 Å². The summed E-state index contributed by atoms with van der Waals surface area (Å²) in [4.78, 5) is 0. The molecular formula is C15H13IO. The molecule has 2 aromatic carbocycles. The first-order valence-corrected chi connectivity index (χ1v) is 6.45. The van der Waals surface area contributed by atoms with Gasteiger partial charge in [-0.1, -0.05) is 48.6 Å². The highest BCUT2D eigenvalue weighted by atomic mass is 127. The zero-order valence-corrected chi connectivity index (χ0v) is 11.7. The van der Waals surface area contributed by atoms with Crippen LogP contribution in [0.2, 0.25) is 0 Å². The lowest BCUT2D eigenvalue weighted by Crippen LogP contribution is -1.85. The van der Waals surface area contributed by atoms with Crippen molar-refractivity contribution in [2.75, 3.05) is 7.11 Å². The van der Waals surface area contributed by atoms with Crippen LogP contribution in [0.25, 0.3) is 12.2 Å².